The minimum absolute atomic E-state index is 0.0889. The van der Waals surface area contributed by atoms with Crippen molar-refractivity contribution in [1.29, 1.82) is 5.41 Å². The molecule has 1 aliphatic heterocycles. The first kappa shape index (κ1) is 14.1. The maximum absolute atomic E-state index is 12.3. The molecule has 1 unspecified atom stereocenters. The fourth-order valence-corrected chi connectivity index (χ4v) is 3.84. The van der Waals surface area contributed by atoms with Crippen molar-refractivity contribution in [3.05, 3.63) is 35.4 Å². The van der Waals surface area contributed by atoms with Crippen molar-refractivity contribution in [3.8, 4) is 0 Å². The Morgan fingerprint density at radius 1 is 1.24 bits per heavy atom. The summed E-state index contributed by atoms with van der Waals surface area (Å²) in [7, 11) is 0. The van der Waals surface area contributed by atoms with E-state index in [2.05, 4.69) is 44.3 Å². The first-order chi connectivity index (χ1) is 9.93. The molecular weight excluding hydrogens is 262 g/mol. The van der Waals surface area contributed by atoms with E-state index < -0.39 is 5.54 Å². The van der Waals surface area contributed by atoms with Crippen LogP contribution in [0.1, 0.15) is 51.2 Å². The number of hydrogen-bond acceptors (Lipinski definition) is 2. The zero-order chi connectivity index (χ0) is 15.3. The van der Waals surface area contributed by atoms with E-state index in [0.29, 0.717) is 12.4 Å². The fourth-order valence-electron chi connectivity index (χ4n) is 3.84. The lowest BCUT2D eigenvalue weighted by Gasteiger charge is -2.46. The molecule has 112 valence electrons. The number of hydrogen-bond donors (Lipinski definition) is 2. The SMILES string of the molecule is CCCN1C(=O)NC(=N)C12CCC(C)(C)c1ccccc12. The molecule has 3 rings (SSSR count). The van der Waals surface area contributed by atoms with E-state index in [-0.39, 0.29) is 11.4 Å². The van der Waals surface area contributed by atoms with Crippen LogP contribution in [-0.2, 0) is 11.0 Å². The van der Waals surface area contributed by atoms with E-state index in [0.717, 1.165) is 24.8 Å². The van der Waals surface area contributed by atoms with Gasteiger partial charge < -0.3 is 4.90 Å². The first-order valence-electron chi connectivity index (χ1n) is 7.71. The summed E-state index contributed by atoms with van der Waals surface area (Å²) in [6.07, 6.45) is 2.68. The summed E-state index contributed by atoms with van der Waals surface area (Å²) in [5.74, 6) is 0.337. The van der Waals surface area contributed by atoms with Gasteiger partial charge in [-0.2, -0.15) is 0 Å². The molecule has 1 heterocycles. The van der Waals surface area contributed by atoms with Gasteiger partial charge in [0.15, 0.2) is 0 Å². The summed E-state index contributed by atoms with van der Waals surface area (Å²) in [6, 6.07) is 8.18. The standard InChI is InChI=1S/C17H23N3O/c1-4-11-20-15(21)19-14(18)17(20)10-9-16(2,3)12-7-5-6-8-13(12)17/h5-8H,4,9-11H2,1-3H3,(H2,18,19,21). The average molecular weight is 285 g/mol. The molecule has 0 radical (unpaired) electrons. The Bertz CT molecular complexity index is 608. The molecule has 21 heavy (non-hydrogen) atoms. The van der Waals surface area contributed by atoms with Crippen LogP contribution in [0.4, 0.5) is 4.79 Å². The topological polar surface area (TPSA) is 56.2 Å². The third-order valence-corrected chi connectivity index (χ3v) is 5.01. The summed E-state index contributed by atoms with van der Waals surface area (Å²) in [6.45, 7) is 7.25. The van der Waals surface area contributed by atoms with Gasteiger partial charge >= 0.3 is 6.03 Å². The second kappa shape index (κ2) is 4.58. The predicted octanol–water partition coefficient (Wildman–Crippen LogP) is 3.37. The van der Waals surface area contributed by atoms with Gasteiger partial charge in [0.25, 0.3) is 0 Å². The van der Waals surface area contributed by atoms with Crippen molar-refractivity contribution in [3.63, 3.8) is 0 Å². The molecule has 2 amide bonds. The van der Waals surface area contributed by atoms with Crippen LogP contribution in [0.15, 0.2) is 24.3 Å². The number of carbonyl (C=O) groups is 1. The lowest BCUT2D eigenvalue weighted by molar-refractivity contribution is 0.151. The molecular formula is C17H23N3O. The van der Waals surface area contributed by atoms with E-state index in [1.165, 1.54) is 5.56 Å². The maximum Gasteiger partial charge on any atom is 0.323 e. The van der Waals surface area contributed by atoms with Crippen molar-refractivity contribution in [2.75, 3.05) is 6.54 Å². The van der Waals surface area contributed by atoms with E-state index in [1.54, 1.807) is 0 Å². The van der Waals surface area contributed by atoms with Crippen LogP contribution < -0.4 is 5.32 Å². The summed E-state index contributed by atoms with van der Waals surface area (Å²) in [4.78, 5) is 14.2. The Kier molecular flexibility index (Phi) is 3.08. The Morgan fingerprint density at radius 3 is 2.57 bits per heavy atom. The molecule has 2 N–H and O–H groups in total. The Labute approximate surface area is 126 Å². The van der Waals surface area contributed by atoms with E-state index >= 15 is 0 Å². The van der Waals surface area contributed by atoms with Crippen LogP contribution in [-0.4, -0.2) is 23.3 Å². The number of amides is 2. The van der Waals surface area contributed by atoms with Gasteiger partial charge in [-0.25, -0.2) is 4.79 Å². The monoisotopic (exact) mass is 285 g/mol. The third kappa shape index (κ3) is 1.81. The molecule has 0 bridgehead atoms. The maximum atomic E-state index is 12.3. The molecule has 4 nitrogen and oxygen atoms in total. The van der Waals surface area contributed by atoms with Crippen LogP contribution in [0.3, 0.4) is 0 Å². The second-order valence-electron chi connectivity index (χ2n) is 6.75. The van der Waals surface area contributed by atoms with Crippen molar-refractivity contribution in [2.45, 2.75) is 51.0 Å². The largest absolute Gasteiger partial charge is 0.323 e. The first-order valence-corrected chi connectivity index (χ1v) is 7.71. The molecule has 1 aromatic rings. The van der Waals surface area contributed by atoms with Crippen molar-refractivity contribution < 1.29 is 4.79 Å². The smallest absolute Gasteiger partial charge is 0.308 e. The van der Waals surface area contributed by atoms with Gasteiger partial charge in [-0.3, -0.25) is 10.7 Å². The quantitative estimate of drug-likeness (QED) is 0.860. The highest BCUT2D eigenvalue weighted by Gasteiger charge is 2.55. The highest BCUT2D eigenvalue weighted by atomic mass is 16.2. The molecule has 1 atom stereocenters. The fraction of sp³-hybridized carbons (Fsp3) is 0.529. The molecule has 1 saturated heterocycles. The highest BCUT2D eigenvalue weighted by Crippen LogP contribution is 2.49. The van der Waals surface area contributed by atoms with E-state index in [9.17, 15) is 4.79 Å². The number of nitrogens with one attached hydrogen (secondary N) is 2. The van der Waals surface area contributed by atoms with Crippen molar-refractivity contribution >= 4 is 11.9 Å². The van der Waals surface area contributed by atoms with Gasteiger partial charge in [0.05, 0.1) is 0 Å². The molecule has 1 spiro atoms. The van der Waals surface area contributed by atoms with Crippen molar-refractivity contribution in [2.24, 2.45) is 0 Å². The van der Waals surface area contributed by atoms with E-state index in [4.69, 9.17) is 5.41 Å². The predicted molar refractivity (Wildman–Crippen MR) is 83.6 cm³/mol. The number of fused-ring (bicyclic) bond motifs is 2. The molecule has 2 aliphatic rings. The number of nitrogens with zero attached hydrogens (tertiary/aromatic N) is 1. The number of amidine groups is 1. The van der Waals surface area contributed by atoms with Crippen LogP contribution in [0.5, 0.6) is 0 Å². The Morgan fingerprint density at radius 2 is 1.90 bits per heavy atom. The summed E-state index contributed by atoms with van der Waals surface area (Å²) in [5, 5.41) is 11.2. The lowest BCUT2D eigenvalue weighted by atomic mass is 9.64. The van der Waals surface area contributed by atoms with Crippen LogP contribution in [0, 0.1) is 5.41 Å². The number of benzene rings is 1. The minimum atomic E-state index is -0.584. The third-order valence-electron chi connectivity index (χ3n) is 5.01. The van der Waals surface area contributed by atoms with Gasteiger partial charge in [0, 0.05) is 6.54 Å². The highest BCUT2D eigenvalue weighted by molar-refractivity contribution is 6.09. The van der Waals surface area contributed by atoms with Gasteiger partial charge in [0.1, 0.15) is 11.4 Å². The Hall–Kier alpha value is -1.84. The van der Waals surface area contributed by atoms with Crippen LogP contribution >= 0.6 is 0 Å². The zero-order valence-electron chi connectivity index (χ0n) is 13.0. The lowest BCUT2D eigenvalue weighted by Crippen LogP contribution is -2.51. The van der Waals surface area contributed by atoms with Gasteiger partial charge in [0.2, 0.25) is 0 Å². The van der Waals surface area contributed by atoms with Gasteiger partial charge in [-0.15, -0.1) is 0 Å². The number of carbonyl (C=O) groups excluding carboxylic acids is 1. The summed E-state index contributed by atoms with van der Waals surface area (Å²) >= 11 is 0. The van der Waals surface area contributed by atoms with Crippen LogP contribution in [0.25, 0.3) is 0 Å². The second-order valence-corrected chi connectivity index (χ2v) is 6.75. The molecule has 1 aliphatic carbocycles. The van der Waals surface area contributed by atoms with Gasteiger partial charge in [-0.05, 0) is 35.8 Å². The molecule has 4 heteroatoms. The molecule has 1 aromatic carbocycles. The summed E-state index contributed by atoms with van der Waals surface area (Å²) < 4.78 is 0. The molecule has 1 fully saturated rings. The normalized spacial score (nSPS) is 26.9. The Balaban J connectivity index is 2.21. The number of urea groups is 1. The van der Waals surface area contributed by atoms with Crippen LogP contribution in [0.2, 0.25) is 0 Å². The zero-order valence-corrected chi connectivity index (χ0v) is 13.0. The number of rotatable bonds is 2. The van der Waals surface area contributed by atoms with E-state index in [1.807, 2.05) is 11.0 Å². The van der Waals surface area contributed by atoms with Crippen molar-refractivity contribution in [1.82, 2.24) is 10.2 Å². The molecule has 0 aromatic heterocycles. The van der Waals surface area contributed by atoms with Gasteiger partial charge in [-0.1, -0.05) is 45.0 Å². The average Bonchev–Trinajstić information content (AvgIpc) is 2.68. The minimum Gasteiger partial charge on any atom is -0.308 e. The molecule has 0 saturated carbocycles. The summed E-state index contributed by atoms with van der Waals surface area (Å²) in [5.41, 5.74) is 1.89.